The molecule has 0 radical (unpaired) electrons. The molecule has 0 atom stereocenters. The molecule has 3 nitrogen and oxygen atoms in total. The molecular formula is C45H41N3. The lowest BCUT2D eigenvalue weighted by atomic mass is 9.84. The normalized spacial score (nSPS) is 12.0. The molecule has 5 aromatic carbocycles. The Balaban J connectivity index is 1.44. The molecule has 0 aliphatic rings. The molecule has 0 spiro atoms. The quantitative estimate of drug-likeness (QED) is 0.191. The van der Waals surface area contributed by atoms with Crippen LogP contribution in [0.25, 0.3) is 66.9 Å². The van der Waals surface area contributed by atoms with Crippen molar-refractivity contribution in [3.63, 3.8) is 0 Å². The van der Waals surface area contributed by atoms with E-state index >= 15 is 0 Å². The van der Waals surface area contributed by atoms with Gasteiger partial charge in [-0.1, -0.05) is 145 Å². The van der Waals surface area contributed by atoms with Gasteiger partial charge >= 0.3 is 0 Å². The molecule has 7 rings (SSSR count). The van der Waals surface area contributed by atoms with Gasteiger partial charge in [0.1, 0.15) is 0 Å². The summed E-state index contributed by atoms with van der Waals surface area (Å²) < 4.78 is 0. The molecular weight excluding hydrogens is 583 g/mol. The summed E-state index contributed by atoms with van der Waals surface area (Å²) >= 11 is 0. The van der Waals surface area contributed by atoms with Crippen LogP contribution in [0.2, 0.25) is 0 Å². The van der Waals surface area contributed by atoms with Crippen LogP contribution in [0.4, 0.5) is 0 Å². The first-order chi connectivity index (χ1) is 23.0. The Bertz CT molecular complexity index is 2190. The molecule has 2 heterocycles. The van der Waals surface area contributed by atoms with E-state index in [0.717, 1.165) is 61.4 Å². The highest BCUT2D eigenvalue weighted by Crippen LogP contribution is 2.39. The molecule has 0 unspecified atom stereocenters. The van der Waals surface area contributed by atoms with Crippen LogP contribution in [0.15, 0.2) is 140 Å². The molecule has 48 heavy (non-hydrogen) atoms. The van der Waals surface area contributed by atoms with Gasteiger partial charge in [0.2, 0.25) is 0 Å². The molecule has 3 heteroatoms. The van der Waals surface area contributed by atoms with Gasteiger partial charge < -0.3 is 0 Å². The van der Waals surface area contributed by atoms with Gasteiger partial charge in [-0.2, -0.15) is 0 Å². The molecule has 2 aromatic heterocycles. The zero-order chi connectivity index (χ0) is 33.5. The van der Waals surface area contributed by atoms with Gasteiger partial charge in [0, 0.05) is 23.5 Å². The second-order valence-corrected chi connectivity index (χ2v) is 14.6. The molecule has 0 bridgehead atoms. The third-order valence-electron chi connectivity index (χ3n) is 9.15. The van der Waals surface area contributed by atoms with Crippen LogP contribution in [-0.4, -0.2) is 15.0 Å². The predicted molar refractivity (Wildman–Crippen MR) is 202 cm³/mol. The highest BCUT2D eigenvalue weighted by atomic mass is 14.8. The fourth-order valence-corrected chi connectivity index (χ4v) is 6.24. The molecule has 0 aliphatic carbocycles. The third kappa shape index (κ3) is 6.29. The minimum atomic E-state index is 0.0781. The summed E-state index contributed by atoms with van der Waals surface area (Å²) in [6.07, 6.45) is 3.65. The second kappa shape index (κ2) is 12.3. The van der Waals surface area contributed by atoms with E-state index in [-0.39, 0.29) is 10.8 Å². The number of rotatable bonds is 5. The van der Waals surface area contributed by atoms with Gasteiger partial charge in [0.25, 0.3) is 0 Å². The first-order valence-electron chi connectivity index (χ1n) is 16.7. The van der Waals surface area contributed by atoms with Crippen LogP contribution >= 0.6 is 0 Å². The van der Waals surface area contributed by atoms with E-state index in [1.165, 1.54) is 16.7 Å². The molecule has 0 amide bonds. The van der Waals surface area contributed by atoms with Crippen molar-refractivity contribution in [2.75, 3.05) is 0 Å². The van der Waals surface area contributed by atoms with Crippen LogP contribution in [0, 0.1) is 0 Å². The number of nitrogens with zero attached hydrogens (tertiary/aromatic N) is 3. The first-order valence-corrected chi connectivity index (χ1v) is 16.7. The van der Waals surface area contributed by atoms with E-state index in [1.807, 2.05) is 30.6 Å². The lowest BCUT2D eigenvalue weighted by Crippen LogP contribution is -2.10. The number of aromatic nitrogens is 3. The molecule has 7 aromatic rings. The number of hydrogen-bond acceptors (Lipinski definition) is 3. The van der Waals surface area contributed by atoms with E-state index < -0.39 is 0 Å². The van der Waals surface area contributed by atoms with Crippen molar-refractivity contribution in [3.05, 3.63) is 151 Å². The van der Waals surface area contributed by atoms with Crippen LogP contribution in [0.5, 0.6) is 0 Å². The number of fused-ring (bicyclic) bond motifs is 1. The van der Waals surface area contributed by atoms with Gasteiger partial charge in [-0.15, -0.1) is 0 Å². The van der Waals surface area contributed by atoms with Crippen molar-refractivity contribution in [2.45, 2.75) is 52.4 Å². The van der Waals surface area contributed by atoms with Crippen molar-refractivity contribution in [3.8, 4) is 55.9 Å². The van der Waals surface area contributed by atoms with Crippen molar-refractivity contribution >= 4 is 11.0 Å². The lowest BCUT2D eigenvalue weighted by Gasteiger charge is -2.21. The van der Waals surface area contributed by atoms with Gasteiger partial charge in [-0.25, -0.2) is 9.97 Å². The predicted octanol–water partition coefficient (Wildman–Crippen LogP) is 12.0. The average Bonchev–Trinajstić information content (AvgIpc) is 3.11. The summed E-state index contributed by atoms with van der Waals surface area (Å²) in [7, 11) is 0. The Labute approximate surface area is 284 Å². The summed E-state index contributed by atoms with van der Waals surface area (Å²) in [5, 5.41) is 0. The molecule has 236 valence electrons. The van der Waals surface area contributed by atoms with Gasteiger partial charge in [0.05, 0.1) is 22.4 Å². The smallest absolute Gasteiger partial charge is 0.0973 e. The standard InChI is InChI=1S/C45H41N3/c1-44(2,3)36-20-16-32(17-21-36)38-28-40-41(29-39(38)33-18-22-37(23-19-33)45(4,5)6)48-43(42(47-40)34-10-8-7-9-11-34)35-14-12-30(13-15-35)31-24-26-46-27-25-31/h7-29H,1-6H3. The number of benzene rings is 5. The van der Waals surface area contributed by atoms with Crippen molar-refractivity contribution in [1.82, 2.24) is 15.0 Å². The fraction of sp³-hybridized carbons (Fsp3) is 0.178. The minimum absolute atomic E-state index is 0.0781. The second-order valence-electron chi connectivity index (χ2n) is 14.6. The summed E-state index contributed by atoms with van der Waals surface area (Å²) in [6.45, 7) is 13.5. The summed E-state index contributed by atoms with van der Waals surface area (Å²) in [5.74, 6) is 0. The average molecular weight is 624 g/mol. The fourth-order valence-electron chi connectivity index (χ4n) is 6.24. The maximum absolute atomic E-state index is 5.38. The zero-order valence-corrected chi connectivity index (χ0v) is 28.6. The van der Waals surface area contributed by atoms with Crippen LogP contribution in [0.3, 0.4) is 0 Å². The largest absolute Gasteiger partial charge is 0.265 e. The zero-order valence-electron chi connectivity index (χ0n) is 28.6. The van der Waals surface area contributed by atoms with E-state index in [0.29, 0.717) is 0 Å². The van der Waals surface area contributed by atoms with E-state index in [9.17, 15) is 0 Å². The van der Waals surface area contributed by atoms with E-state index in [1.54, 1.807) is 0 Å². The monoisotopic (exact) mass is 623 g/mol. The number of hydrogen-bond donors (Lipinski definition) is 0. The Morgan fingerprint density at radius 2 is 0.750 bits per heavy atom. The molecule has 0 aliphatic heterocycles. The van der Waals surface area contributed by atoms with Crippen LogP contribution < -0.4 is 0 Å². The first kappa shape index (κ1) is 31.2. The van der Waals surface area contributed by atoms with Gasteiger partial charge in [-0.05, 0) is 79.6 Å². The molecule has 0 saturated carbocycles. The molecule has 0 saturated heterocycles. The van der Waals surface area contributed by atoms with Crippen molar-refractivity contribution in [1.29, 1.82) is 0 Å². The van der Waals surface area contributed by atoms with E-state index in [4.69, 9.17) is 9.97 Å². The Morgan fingerprint density at radius 1 is 0.375 bits per heavy atom. The van der Waals surface area contributed by atoms with Gasteiger partial charge in [-0.3, -0.25) is 4.98 Å². The topological polar surface area (TPSA) is 38.7 Å². The summed E-state index contributed by atoms with van der Waals surface area (Å²) in [4.78, 5) is 14.9. The SMILES string of the molecule is CC(C)(C)c1ccc(-c2cc3nc(-c4ccccc4)c(-c4ccc(-c5ccncc5)cc4)nc3cc2-c2ccc(C(C)(C)C)cc2)cc1. The maximum atomic E-state index is 5.38. The number of pyridine rings is 1. The maximum Gasteiger partial charge on any atom is 0.0973 e. The third-order valence-corrected chi connectivity index (χ3v) is 9.15. The van der Waals surface area contributed by atoms with E-state index in [2.05, 4.69) is 156 Å². The van der Waals surface area contributed by atoms with Gasteiger partial charge in [0.15, 0.2) is 0 Å². The summed E-state index contributed by atoms with van der Waals surface area (Å²) in [5.41, 5.74) is 15.2. The highest BCUT2D eigenvalue weighted by molar-refractivity contribution is 5.96. The van der Waals surface area contributed by atoms with Crippen molar-refractivity contribution < 1.29 is 0 Å². The minimum Gasteiger partial charge on any atom is -0.265 e. The van der Waals surface area contributed by atoms with Crippen molar-refractivity contribution in [2.24, 2.45) is 0 Å². The molecule has 0 fully saturated rings. The Hall–Kier alpha value is -5.41. The summed E-state index contributed by atoms with van der Waals surface area (Å²) in [6, 6.07) is 45.5. The Kier molecular flexibility index (Phi) is 8.01. The van der Waals surface area contributed by atoms with Crippen LogP contribution in [0.1, 0.15) is 52.7 Å². The lowest BCUT2D eigenvalue weighted by molar-refractivity contribution is 0.590. The molecule has 0 N–H and O–H groups in total. The highest BCUT2D eigenvalue weighted by Gasteiger charge is 2.19. The van der Waals surface area contributed by atoms with Crippen LogP contribution in [-0.2, 0) is 10.8 Å². The Morgan fingerprint density at radius 3 is 1.19 bits per heavy atom.